The van der Waals surface area contributed by atoms with E-state index in [0.717, 1.165) is 10.9 Å². The van der Waals surface area contributed by atoms with Gasteiger partial charge in [0.1, 0.15) is 0 Å². The smallest absolute Gasteiger partial charge is 0.274 e. The number of alkyl halides is 2. The maximum Gasteiger partial charge on any atom is 0.274 e. The number of nitrogens with one attached hydrogen (secondary N) is 1. The Balaban J connectivity index is 2.42. The molecule has 1 aliphatic carbocycles. The van der Waals surface area contributed by atoms with Crippen molar-refractivity contribution in [3.8, 4) is 0 Å². The molecule has 0 unspecified atom stereocenters. The zero-order valence-electron chi connectivity index (χ0n) is 7.65. The maximum atomic E-state index is 13.6. The van der Waals surface area contributed by atoms with Crippen LogP contribution < -0.4 is 0 Å². The number of fused-ring (bicyclic) bond motifs is 2. The molecular formula is C10H7BrF2N2. The molecule has 3 rings (SSSR count). The maximum absolute atomic E-state index is 13.6. The Morgan fingerprint density at radius 2 is 2.27 bits per heavy atom. The largest absolute Gasteiger partial charge is 0.278 e. The molecule has 0 saturated heterocycles. The summed E-state index contributed by atoms with van der Waals surface area (Å²) in [4.78, 5) is 0. The highest BCUT2D eigenvalue weighted by Gasteiger charge is 2.41. The minimum Gasteiger partial charge on any atom is -0.278 e. The van der Waals surface area contributed by atoms with Gasteiger partial charge < -0.3 is 0 Å². The molecule has 0 amide bonds. The zero-order valence-corrected chi connectivity index (χ0v) is 9.24. The van der Waals surface area contributed by atoms with Gasteiger partial charge >= 0.3 is 0 Å². The van der Waals surface area contributed by atoms with Crippen LogP contribution in [-0.4, -0.2) is 10.2 Å². The van der Waals surface area contributed by atoms with Crippen LogP contribution in [0.15, 0.2) is 16.7 Å². The lowest BCUT2D eigenvalue weighted by Gasteiger charge is -2.12. The summed E-state index contributed by atoms with van der Waals surface area (Å²) in [5.41, 5.74) is 1.65. The second-order valence-corrected chi connectivity index (χ2v) is 4.55. The third-order valence-electron chi connectivity index (χ3n) is 2.84. The summed E-state index contributed by atoms with van der Waals surface area (Å²) in [6.45, 7) is 0. The third kappa shape index (κ3) is 1.16. The molecule has 1 aromatic carbocycles. The summed E-state index contributed by atoms with van der Waals surface area (Å²) in [6.07, 6.45) is 1.89. The summed E-state index contributed by atoms with van der Waals surface area (Å²) in [5, 5.41) is 7.36. The second-order valence-electron chi connectivity index (χ2n) is 3.76. The first kappa shape index (κ1) is 9.27. The second kappa shape index (κ2) is 2.78. The first-order chi connectivity index (χ1) is 7.09. The number of nitrogens with zero attached hydrogens (tertiary/aromatic N) is 1. The van der Waals surface area contributed by atoms with E-state index in [1.165, 1.54) is 0 Å². The van der Waals surface area contributed by atoms with Crippen molar-refractivity contribution in [2.75, 3.05) is 0 Å². The van der Waals surface area contributed by atoms with Crippen LogP contribution in [0.4, 0.5) is 8.78 Å². The highest BCUT2D eigenvalue weighted by molar-refractivity contribution is 9.10. The molecular weight excluding hydrogens is 266 g/mol. The molecule has 2 nitrogen and oxygen atoms in total. The van der Waals surface area contributed by atoms with Crippen LogP contribution in [0.25, 0.3) is 10.9 Å². The fourth-order valence-corrected chi connectivity index (χ4v) is 2.97. The standard InChI is InChI=1S/C10H7BrF2N2/c11-9-6-4-14-15-7(6)3-5-1-2-10(12,13)8(5)9/h3-4H,1-2H2,(H,14,15). The van der Waals surface area contributed by atoms with Gasteiger partial charge in [0.2, 0.25) is 0 Å². The number of halogens is 3. The lowest BCUT2D eigenvalue weighted by Crippen LogP contribution is -2.08. The van der Waals surface area contributed by atoms with Crippen molar-refractivity contribution >= 4 is 26.8 Å². The molecule has 0 radical (unpaired) electrons. The van der Waals surface area contributed by atoms with Crippen molar-refractivity contribution in [2.24, 2.45) is 0 Å². The van der Waals surface area contributed by atoms with Crippen LogP contribution in [0, 0.1) is 0 Å². The monoisotopic (exact) mass is 272 g/mol. The topological polar surface area (TPSA) is 28.7 Å². The predicted molar refractivity (Wildman–Crippen MR) is 56.0 cm³/mol. The molecule has 78 valence electrons. The Labute approximate surface area is 92.8 Å². The van der Waals surface area contributed by atoms with Crippen molar-refractivity contribution in [1.29, 1.82) is 0 Å². The van der Waals surface area contributed by atoms with E-state index in [0.29, 0.717) is 16.5 Å². The molecule has 5 heteroatoms. The average Bonchev–Trinajstić information content (AvgIpc) is 2.72. The van der Waals surface area contributed by atoms with Gasteiger partial charge in [0.05, 0.1) is 11.7 Å². The first-order valence-corrected chi connectivity index (χ1v) is 5.41. The predicted octanol–water partition coefficient (Wildman–Crippen LogP) is 3.36. The molecule has 15 heavy (non-hydrogen) atoms. The van der Waals surface area contributed by atoms with Crippen LogP contribution in [0.3, 0.4) is 0 Å². The van der Waals surface area contributed by atoms with E-state index < -0.39 is 5.92 Å². The molecule has 0 aliphatic heterocycles. The van der Waals surface area contributed by atoms with Crippen LogP contribution in [-0.2, 0) is 12.3 Å². The number of hydrogen-bond acceptors (Lipinski definition) is 1. The molecule has 0 spiro atoms. The van der Waals surface area contributed by atoms with Gasteiger partial charge in [-0.3, -0.25) is 5.10 Å². The summed E-state index contributed by atoms with van der Waals surface area (Å²) >= 11 is 3.25. The summed E-state index contributed by atoms with van der Waals surface area (Å²) in [7, 11) is 0. The SMILES string of the molecule is FC1(F)CCc2cc3[nH]ncc3c(Br)c21. The Hall–Kier alpha value is -0.970. The van der Waals surface area contributed by atoms with Crippen LogP contribution in [0.1, 0.15) is 17.5 Å². The van der Waals surface area contributed by atoms with E-state index in [2.05, 4.69) is 26.1 Å². The van der Waals surface area contributed by atoms with Crippen LogP contribution in [0.2, 0.25) is 0 Å². The highest BCUT2D eigenvalue weighted by Crippen LogP contribution is 2.47. The number of aryl methyl sites for hydroxylation is 1. The lowest BCUT2D eigenvalue weighted by molar-refractivity contribution is -0.00238. The van der Waals surface area contributed by atoms with E-state index in [4.69, 9.17) is 0 Å². The third-order valence-corrected chi connectivity index (χ3v) is 3.66. The van der Waals surface area contributed by atoms with Gasteiger partial charge in [0.15, 0.2) is 0 Å². The van der Waals surface area contributed by atoms with E-state index in [-0.39, 0.29) is 12.0 Å². The Bertz CT molecular complexity index is 548. The molecule has 0 fully saturated rings. The van der Waals surface area contributed by atoms with Gasteiger partial charge in [-0.05, 0) is 34.0 Å². The molecule has 1 heterocycles. The van der Waals surface area contributed by atoms with Gasteiger partial charge in [-0.2, -0.15) is 5.10 Å². The van der Waals surface area contributed by atoms with Gasteiger partial charge in [0, 0.05) is 21.8 Å². The number of benzene rings is 1. The molecule has 0 saturated carbocycles. The number of hydrogen-bond donors (Lipinski definition) is 1. The Morgan fingerprint density at radius 1 is 1.47 bits per heavy atom. The fourth-order valence-electron chi connectivity index (χ4n) is 2.11. The van der Waals surface area contributed by atoms with Gasteiger partial charge in [-0.25, -0.2) is 8.78 Å². The Kier molecular flexibility index (Phi) is 1.72. The van der Waals surface area contributed by atoms with Crippen LogP contribution >= 0.6 is 15.9 Å². The molecule has 1 aliphatic rings. The van der Waals surface area contributed by atoms with Gasteiger partial charge in [-0.15, -0.1) is 0 Å². The molecule has 2 aromatic rings. The average molecular weight is 273 g/mol. The summed E-state index contributed by atoms with van der Waals surface area (Å²) < 4.78 is 27.6. The quantitative estimate of drug-likeness (QED) is 0.783. The minimum absolute atomic E-state index is 0.0963. The summed E-state index contributed by atoms with van der Waals surface area (Å²) in [6, 6.07) is 1.77. The highest BCUT2D eigenvalue weighted by atomic mass is 79.9. The van der Waals surface area contributed by atoms with Gasteiger partial charge in [-0.1, -0.05) is 0 Å². The number of aromatic nitrogens is 2. The van der Waals surface area contributed by atoms with Crippen LogP contribution in [0.5, 0.6) is 0 Å². The van der Waals surface area contributed by atoms with Crippen molar-refractivity contribution in [1.82, 2.24) is 10.2 Å². The molecule has 0 atom stereocenters. The molecule has 1 N–H and O–H groups in total. The molecule has 1 aromatic heterocycles. The van der Waals surface area contributed by atoms with E-state index in [1.54, 1.807) is 12.3 Å². The van der Waals surface area contributed by atoms with E-state index >= 15 is 0 Å². The number of H-pyrrole nitrogens is 1. The van der Waals surface area contributed by atoms with Gasteiger partial charge in [0.25, 0.3) is 5.92 Å². The first-order valence-electron chi connectivity index (χ1n) is 4.62. The number of aromatic amines is 1. The summed E-state index contributed by atoms with van der Waals surface area (Å²) in [5.74, 6) is -2.71. The fraction of sp³-hybridized carbons (Fsp3) is 0.300. The number of rotatable bonds is 0. The molecule has 0 bridgehead atoms. The zero-order chi connectivity index (χ0) is 10.6. The van der Waals surface area contributed by atoms with E-state index in [1.807, 2.05) is 0 Å². The Morgan fingerprint density at radius 3 is 3.07 bits per heavy atom. The van der Waals surface area contributed by atoms with E-state index in [9.17, 15) is 8.78 Å². The van der Waals surface area contributed by atoms with Crippen molar-refractivity contribution in [2.45, 2.75) is 18.8 Å². The van der Waals surface area contributed by atoms with Crippen molar-refractivity contribution in [3.05, 3.63) is 27.9 Å². The van der Waals surface area contributed by atoms with Crippen molar-refractivity contribution < 1.29 is 8.78 Å². The van der Waals surface area contributed by atoms with Crippen molar-refractivity contribution in [3.63, 3.8) is 0 Å². The minimum atomic E-state index is -2.71. The normalized spacial score (nSPS) is 18.3. The lowest BCUT2D eigenvalue weighted by atomic mass is 10.1.